The average Bonchev–Trinajstić information content (AvgIpc) is 2.07. The van der Waals surface area contributed by atoms with E-state index in [-0.39, 0.29) is 0 Å². The molecule has 0 N–H and O–H groups in total. The van der Waals surface area contributed by atoms with Crippen molar-refractivity contribution < 1.29 is 0 Å². The third-order valence-electron chi connectivity index (χ3n) is 3.78. The van der Waals surface area contributed by atoms with Gasteiger partial charge in [-0.25, -0.2) is 0 Å². The molecule has 0 saturated carbocycles. The Labute approximate surface area is 117 Å². The monoisotopic (exact) mass is 253 g/mol. The van der Waals surface area contributed by atoms with E-state index in [1.54, 1.807) is 0 Å². The van der Waals surface area contributed by atoms with Crippen molar-refractivity contribution in [2.75, 3.05) is 0 Å². The van der Waals surface area contributed by atoms with Crippen molar-refractivity contribution in [2.45, 2.75) is 81.1 Å². The predicted molar refractivity (Wildman–Crippen MR) is 84.6 cm³/mol. The first kappa shape index (κ1) is 18.0. The highest BCUT2D eigenvalue weighted by molar-refractivity contribution is 4.77. The van der Waals surface area contributed by atoms with Crippen LogP contribution >= 0.6 is 0 Å². The largest absolute Gasteiger partial charge is 0.0625 e. The molecule has 0 nitrogen and oxygen atoms in total. The van der Waals surface area contributed by atoms with Gasteiger partial charge < -0.3 is 0 Å². The Bertz CT molecular complexity index is 213. The first-order valence-electron chi connectivity index (χ1n) is 7.74. The van der Waals surface area contributed by atoms with Crippen molar-refractivity contribution in [1.82, 2.24) is 0 Å². The standard InChI is InChI=1S/C18H37/c1-10-16(15(3)13-18(7,8)9)11-14(2)12-17(4,5)6/h14-16H,1,10-13H2,2-9H3. The summed E-state index contributed by atoms with van der Waals surface area (Å²) < 4.78 is 0. The zero-order valence-electron chi connectivity index (χ0n) is 14.3. The molecule has 0 aromatic heterocycles. The third kappa shape index (κ3) is 9.00. The van der Waals surface area contributed by atoms with Crippen LogP contribution in [0.25, 0.3) is 0 Å². The maximum absolute atomic E-state index is 4.19. The molecule has 0 rings (SSSR count). The fourth-order valence-electron chi connectivity index (χ4n) is 3.41. The van der Waals surface area contributed by atoms with Crippen molar-refractivity contribution in [1.29, 1.82) is 0 Å². The molecule has 0 aromatic carbocycles. The molecule has 3 atom stereocenters. The highest BCUT2D eigenvalue weighted by Gasteiger charge is 2.24. The van der Waals surface area contributed by atoms with Gasteiger partial charge in [0.25, 0.3) is 0 Å². The molecule has 0 aliphatic carbocycles. The van der Waals surface area contributed by atoms with Gasteiger partial charge in [-0.3, -0.25) is 0 Å². The summed E-state index contributed by atoms with van der Waals surface area (Å²) in [6.07, 6.45) is 5.07. The third-order valence-corrected chi connectivity index (χ3v) is 3.78. The lowest BCUT2D eigenvalue weighted by molar-refractivity contribution is 0.191. The minimum Gasteiger partial charge on any atom is -0.0625 e. The zero-order valence-corrected chi connectivity index (χ0v) is 14.3. The molecule has 0 amide bonds. The van der Waals surface area contributed by atoms with Gasteiger partial charge in [-0.2, -0.15) is 0 Å². The second-order valence-electron chi connectivity index (χ2n) is 8.90. The summed E-state index contributed by atoms with van der Waals surface area (Å²) >= 11 is 0. The van der Waals surface area contributed by atoms with E-state index in [1.165, 1.54) is 19.3 Å². The Morgan fingerprint density at radius 2 is 1.28 bits per heavy atom. The lowest BCUT2D eigenvalue weighted by atomic mass is 9.73. The molecule has 0 aliphatic rings. The van der Waals surface area contributed by atoms with E-state index in [1.807, 2.05) is 0 Å². The van der Waals surface area contributed by atoms with E-state index in [0.717, 1.165) is 24.2 Å². The molecule has 0 spiro atoms. The van der Waals surface area contributed by atoms with Crippen LogP contribution in [0, 0.1) is 35.5 Å². The lowest BCUT2D eigenvalue weighted by Crippen LogP contribution is -2.22. The fourth-order valence-corrected chi connectivity index (χ4v) is 3.41. The van der Waals surface area contributed by atoms with Crippen molar-refractivity contribution in [3.63, 3.8) is 0 Å². The maximum atomic E-state index is 4.19. The second kappa shape index (κ2) is 6.96. The molecule has 3 unspecified atom stereocenters. The molecule has 0 fully saturated rings. The SMILES string of the molecule is [CH2]CC(CC(C)CC(C)(C)C)C(C)CC(C)(C)C. The van der Waals surface area contributed by atoms with Gasteiger partial charge in [0.1, 0.15) is 0 Å². The first-order valence-corrected chi connectivity index (χ1v) is 7.74. The van der Waals surface area contributed by atoms with Gasteiger partial charge in [-0.15, -0.1) is 0 Å². The van der Waals surface area contributed by atoms with Gasteiger partial charge in [0.15, 0.2) is 0 Å². The molecule has 18 heavy (non-hydrogen) atoms. The predicted octanol–water partition coefficient (Wildman–Crippen LogP) is 6.36. The summed E-state index contributed by atoms with van der Waals surface area (Å²) in [6, 6.07) is 0. The number of hydrogen-bond acceptors (Lipinski definition) is 0. The van der Waals surface area contributed by atoms with Crippen LogP contribution in [0.1, 0.15) is 81.1 Å². The van der Waals surface area contributed by atoms with E-state index >= 15 is 0 Å². The van der Waals surface area contributed by atoms with Crippen LogP contribution in [0.3, 0.4) is 0 Å². The van der Waals surface area contributed by atoms with Crippen molar-refractivity contribution in [3.05, 3.63) is 6.92 Å². The molecule has 0 bridgehead atoms. The topological polar surface area (TPSA) is 0 Å². The highest BCUT2D eigenvalue weighted by atomic mass is 14.3. The molecule has 0 saturated heterocycles. The molecule has 0 aromatic rings. The fraction of sp³-hybridized carbons (Fsp3) is 0.944. The highest BCUT2D eigenvalue weighted by Crippen LogP contribution is 2.35. The Kier molecular flexibility index (Phi) is 6.96. The van der Waals surface area contributed by atoms with Gasteiger partial charge in [0, 0.05) is 0 Å². The Morgan fingerprint density at radius 3 is 1.61 bits per heavy atom. The average molecular weight is 253 g/mol. The molecule has 0 aliphatic heterocycles. The summed E-state index contributed by atoms with van der Waals surface area (Å²) in [7, 11) is 0. The van der Waals surface area contributed by atoms with E-state index in [9.17, 15) is 0 Å². The summed E-state index contributed by atoms with van der Waals surface area (Å²) in [5.41, 5.74) is 0.901. The van der Waals surface area contributed by atoms with Gasteiger partial charge in [0.2, 0.25) is 0 Å². The van der Waals surface area contributed by atoms with Crippen LogP contribution in [0.4, 0.5) is 0 Å². The minimum atomic E-state index is 0.445. The first-order chi connectivity index (χ1) is 7.94. The van der Waals surface area contributed by atoms with Crippen LogP contribution in [-0.2, 0) is 0 Å². The Balaban J connectivity index is 4.33. The zero-order chi connectivity index (χ0) is 14.6. The Hall–Kier alpha value is 0. The van der Waals surface area contributed by atoms with Gasteiger partial charge >= 0.3 is 0 Å². The van der Waals surface area contributed by atoms with Crippen LogP contribution in [0.15, 0.2) is 0 Å². The molecule has 0 heterocycles. The summed E-state index contributed by atoms with van der Waals surface area (Å²) in [4.78, 5) is 0. The van der Waals surface area contributed by atoms with Crippen LogP contribution in [0.2, 0.25) is 0 Å². The van der Waals surface area contributed by atoms with Crippen molar-refractivity contribution in [2.24, 2.45) is 28.6 Å². The molecule has 1 radical (unpaired) electrons. The quantitative estimate of drug-likeness (QED) is 0.516. The normalized spacial score (nSPS) is 18.5. The van der Waals surface area contributed by atoms with Crippen LogP contribution in [-0.4, -0.2) is 0 Å². The summed E-state index contributed by atoms with van der Waals surface area (Å²) in [6.45, 7) is 23.1. The van der Waals surface area contributed by atoms with Crippen molar-refractivity contribution in [3.8, 4) is 0 Å². The van der Waals surface area contributed by atoms with E-state index in [0.29, 0.717) is 10.8 Å². The second-order valence-corrected chi connectivity index (χ2v) is 8.90. The van der Waals surface area contributed by atoms with Crippen LogP contribution in [0.5, 0.6) is 0 Å². The van der Waals surface area contributed by atoms with E-state index < -0.39 is 0 Å². The maximum Gasteiger partial charge on any atom is -0.0380 e. The summed E-state index contributed by atoms with van der Waals surface area (Å²) in [5, 5.41) is 0. The van der Waals surface area contributed by atoms with Crippen LogP contribution < -0.4 is 0 Å². The summed E-state index contributed by atoms with van der Waals surface area (Å²) in [5.74, 6) is 2.41. The molecular formula is C18H37. The minimum absolute atomic E-state index is 0.445. The van der Waals surface area contributed by atoms with E-state index in [2.05, 4.69) is 62.3 Å². The lowest BCUT2D eigenvalue weighted by Gasteiger charge is -2.32. The number of hydrogen-bond donors (Lipinski definition) is 0. The molecule has 109 valence electrons. The van der Waals surface area contributed by atoms with Gasteiger partial charge in [-0.05, 0) is 47.8 Å². The van der Waals surface area contributed by atoms with Crippen molar-refractivity contribution >= 4 is 0 Å². The smallest absolute Gasteiger partial charge is 0.0380 e. The number of rotatable bonds is 6. The van der Waals surface area contributed by atoms with Gasteiger partial charge in [0.05, 0.1) is 0 Å². The Morgan fingerprint density at radius 1 is 0.833 bits per heavy atom. The van der Waals surface area contributed by atoms with Gasteiger partial charge in [-0.1, -0.05) is 68.7 Å². The molecule has 0 heteroatoms. The molecular weight excluding hydrogens is 216 g/mol. The van der Waals surface area contributed by atoms with E-state index in [4.69, 9.17) is 0 Å².